The number of carboxylic acid groups (broad SMARTS) is 1. The van der Waals surface area contributed by atoms with E-state index in [0.29, 0.717) is 18.9 Å². The Morgan fingerprint density at radius 3 is 2.68 bits per heavy atom. The number of carboxylic acids is 1. The smallest absolute Gasteiger partial charge is 0.339 e. The second-order valence-electron chi connectivity index (χ2n) is 4.65. The van der Waals surface area contributed by atoms with E-state index in [4.69, 9.17) is 9.84 Å². The molecular weight excluding hydrogens is 246 g/mol. The number of aliphatic hydroxyl groups excluding tert-OH is 1. The van der Waals surface area contributed by atoms with Crippen LogP contribution >= 0.6 is 0 Å². The fourth-order valence-electron chi connectivity index (χ4n) is 1.58. The van der Waals surface area contributed by atoms with Crippen LogP contribution in [0.3, 0.4) is 0 Å². The molecule has 0 spiro atoms. The van der Waals surface area contributed by atoms with E-state index >= 15 is 0 Å². The van der Waals surface area contributed by atoms with Gasteiger partial charge in [-0.05, 0) is 25.5 Å². The van der Waals surface area contributed by atoms with Crippen molar-refractivity contribution in [1.82, 2.24) is 5.32 Å². The topological polar surface area (TPSA) is 78.8 Å². The molecule has 1 atom stereocenters. The van der Waals surface area contributed by atoms with Gasteiger partial charge in [-0.1, -0.05) is 19.1 Å². The van der Waals surface area contributed by atoms with Crippen LogP contribution in [0.2, 0.25) is 0 Å². The summed E-state index contributed by atoms with van der Waals surface area (Å²) >= 11 is 0. The van der Waals surface area contributed by atoms with Crippen LogP contribution in [0.4, 0.5) is 0 Å². The lowest BCUT2D eigenvalue weighted by atomic mass is 10.0. The van der Waals surface area contributed by atoms with Crippen LogP contribution in [0.1, 0.15) is 30.6 Å². The number of rotatable bonds is 8. The summed E-state index contributed by atoms with van der Waals surface area (Å²) in [5.41, 5.74) is -0.168. The molecule has 0 fully saturated rings. The molecular formula is C14H21NO4. The maximum atomic E-state index is 11.0. The Morgan fingerprint density at radius 1 is 1.42 bits per heavy atom. The molecule has 3 N–H and O–H groups in total. The predicted octanol–water partition coefficient (Wildman–Crippen LogP) is 1.51. The molecule has 1 rings (SSSR count). The van der Waals surface area contributed by atoms with E-state index in [9.17, 15) is 9.90 Å². The van der Waals surface area contributed by atoms with Crippen molar-refractivity contribution < 1.29 is 19.7 Å². The fraction of sp³-hybridized carbons (Fsp3) is 0.500. The van der Waals surface area contributed by atoms with Gasteiger partial charge in [0.1, 0.15) is 17.9 Å². The van der Waals surface area contributed by atoms with E-state index in [1.165, 1.54) is 6.07 Å². The zero-order chi connectivity index (χ0) is 14.3. The molecule has 0 aliphatic carbocycles. The Balaban J connectivity index is 2.48. The lowest BCUT2D eigenvalue weighted by Crippen LogP contribution is -2.46. The van der Waals surface area contributed by atoms with E-state index in [-0.39, 0.29) is 17.7 Å². The maximum absolute atomic E-state index is 11.0. The normalized spacial score (nSPS) is 13.8. The molecule has 1 unspecified atom stereocenters. The van der Waals surface area contributed by atoms with E-state index in [1.54, 1.807) is 18.2 Å². The van der Waals surface area contributed by atoms with Crippen LogP contribution in [0.25, 0.3) is 0 Å². The van der Waals surface area contributed by atoms with Crippen molar-refractivity contribution in [2.45, 2.75) is 25.8 Å². The van der Waals surface area contributed by atoms with Crippen molar-refractivity contribution in [3.05, 3.63) is 29.8 Å². The van der Waals surface area contributed by atoms with Crippen molar-refractivity contribution >= 4 is 5.97 Å². The predicted molar refractivity (Wildman–Crippen MR) is 72.7 cm³/mol. The highest BCUT2D eigenvalue weighted by atomic mass is 16.5. The number of aromatic carboxylic acids is 1. The lowest BCUT2D eigenvalue weighted by Gasteiger charge is -2.27. The summed E-state index contributed by atoms with van der Waals surface area (Å²) in [7, 11) is 0. The molecule has 0 saturated carbocycles. The van der Waals surface area contributed by atoms with Crippen molar-refractivity contribution in [1.29, 1.82) is 0 Å². The standard InChI is InChI=1S/C14H21NO4/c1-3-14(2,10-16)15-8-9-19-12-7-5-4-6-11(12)13(17)18/h4-7,15-16H,3,8-10H2,1-2H3,(H,17,18). The van der Waals surface area contributed by atoms with Crippen LogP contribution in [0.5, 0.6) is 5.75 Å². The molecule has 5 nitrogen and oxygen atoms in total. The number of aliphatic hydroxyl groups is 1. The van der Waals surface area contributed by atoms with Gasteiger partial charge in [0.2, 0.25) is 0 Å². The van der Waals surface area contributed by atoms with E-state index < -0.39 is 5.97 Å². The highest BCUT2D eigenvalue weighted by molar-refractivity contribution is 5.90. The minimum Gasteiger partial charge on any atom is -0.491 e. The zero-order valence-corrected chi connectivity index (χ0v) is 11.3. The summed E-state index contributed by atoms with van der Waals surface area (Å²) in [5, 5.41) is 21.4. The molecule has 0 aliphatic heterocycles. The Hall–Kier alpha value is -1.59. The average Bonchev–Trinajstić information content (AvgIpc) is 2.43. The quantitative estimate of drug-likeness (QED) is 0.622. The number of benzene rings is 1. The number of carbonyl (C=O) groups is 1. The van der Waals surface area contributed by atoms with Crippen molar-refractivity contribution in [3.8, 4) is 5.75 Å². The molecule has 0 aliphatic rings. The summed E-state index contributed by atoms with van der Waals surface area (Å²) < 4.78 is 5.46. The summed E-state index contributed by atoms with van der Waals surface area (Å²) in [6, 6.07) is 6.54. The Labute approximate surface area is 113 Å². The van der Waals surface area contributed by atoms with Gasteiger partial charge in [-0.15, -0.1) is 0 Å². The van der Waals surface area contributed by atoms with Crippen molar-refractivity contribution in [2.24, 2.45) is 0 Å². The van der Waals surface area contributed by atoms with Gasteiger partial charge in [0, 0.05) is 12.1 Å². The molecule has 106 valence electrons. The second kappa shape index (κ2) is 7.11. The number of nitrogens with one attached hydrogen (secondary N) is 1. The van der Waals surface area contributed by atoms with Gasteiger partial charge in [0.25, 0.3) is 0 Å². The Bertz CT molecular complexity index is 416. The van der Waals surface area contributed by atoms with E-state index in [2.05, 4.69) is 5.32 Å². The SMILES string of the molecule is CCC(C)(CO)NCCOc1ccccc1C(=O)O. The van der Waals surface area contributed by atoms with Crippen LogP contribution in [0.15, 0.2) is 24.3 Å². The molecule has 0 bridgehead atoms. The molecule has 1 aromatic rings. The van der Waals surface area contributed by atoms with Crippen LogP contribution in [-0.4, -0.2) is 41.5 Å². The van der Waals surface area contributed by atoms with Crippen LogP contribution in [-0.2, 0) is 0 Å². The largest absolute Gasteiger partial charge is 0.491 e. The number of hydrogen-bond donors (Lipinski definition) is 3. The Kier molecular flexibility index (Phi) is 5.79. The lowest BCUT2D eigenvalue weighted by molar-refractivity contribution is 0.0692. The summed E-state index contributed by atoms with van der Waals surface area (Å²) in [6.07, 6.45) is 0.801. The average molecular weight is 267 g/mol. The van der Waals surface area contributed by atoms with Gasteiger partial charge in [-0.2, -0.15) is 0 Å². The van der Waals surface area contributed by atoms with Gasteiger partial charge in [0.15, 0.2) is 0 Å². The number of ether oxygens (including phenoxy) is 1. The third kappa shape index (κ3) is 4.54. The fourth-order valence-corrected chi connectivity index (χ4v) is 1.58. The molecule has 0 heterocycles. The van der Waals surface area contributed by atoms with Crippen LogP contribution < -0.4 is 10.1 Å². The van der Waals surface area contributed by atoms with Gasteiger partial charge < -0.3 is 20.3 Å². The van der Waals surface area contributed by atoms with Gasteiger partial charge >= 0.3 is 5.97 Å². The third-order valence-electron chi connectivity index (χ3n) is 3.16. The first kappa shape index (κ1) is 15.5. The van der Waals surface area contributed by atoms with E-state index in [0.717, 1.165) is 6.42 Å². The molecule has 19 heavy (non-hydrogen) atoms. The van der Waals surface area contributed by atoms with Crippen molar-refractivity contribution in [3.63, 3.8) is 0 Å². The molecule has 5 heteroatoms. The third-order valence-corrected chi connectivity index (χ3v) is 3.16. The number of para-hydroxylation sites is 1. The first-order valence-corrected chi connectivity index (χ1v) is 6.33. The monoisotopic (exact) mass is 267 g/mol. The maximum Gasteiger partial charge on any atom is 0.339 e. The molecule has 0 radical (unpaired) electrons. The van der Waals surface area contributed by atoms with Gasteiger partial charge in [0.05, 0.1) is 6.61 Å². The van der Waals surface area contributed by atoms with Gasteiger partial charge in [-0.25, -0.2) is 4.79 Å². The van der Waals surface area contributed by atoms with Crippen molar-refractivity contribution in [2.75, 3.05) is 19.8 Å². The summed E-state index contributed by atoms with van der Waals surface area (Å²) in [4.78, 5) is 11.0. The minimum atomic E-state index is -1.00. The molecule has 0 aromatic heterocycles. The second-order valence-corrected chi connectivity index (χ2v) is 4.65. The van der Waals surface area contributed by atoms with E-state index in [1.807, 2.05) is 13.8 Å². The summed E-state index contributed by atoms with van der Waals surface area (Å²) in [5.74, 6) is -0.642. The highest BCUT2D eigenvalue weighted by Gasteiger charge is 2.19. The molecule has 0 saturated heterocycles. The first-order valence-electron chi connectivity index (χ1n) is 6.33. The Morgan fingerprint density at radius 2 is 2.11 bits per heavy atom. The highest BCUT2D eigenvalue weighted by Crippen LogP contribution is 2.17. The first-order chi connectivity index (χ1) is 9.02. The molecule has 1 aromatic carbocycles. The number of hydrogen-bond acceptors (Lipinski definition) is 4. The van der Waals surface area contributed by atoms with Gasteiger partial charge in [-0.3, -0.25) is 0 Å². The molecule has 0 amide bonds. The minimum absolute atomic E-state index is 0.0508. The van der Waals surface area contributed by atoms with Crippen LogP contribution in [0, 0.1) is 0 Å². The summed E-state index contributed by atoms with van der Waals surface area (Å²) in [6.45, 7) is 4.86. The zero-order valence-electron chi connectivity index (χ0n) is 11.3.